The molecule has 0 aliphatic heterocycles. The second kappa shape index (κ2) is 3.85. The molecule has 3 aliphatic carbocycles. The zero-order chi connectivity index (χ0) is 13.1. The molecule has 2 bridgehead atoms. The Balaban J connectivity index is 1.50. The van der Waals surface area contributed by atoms with Crippen molar-refractivity contribution < 1.29 is 4.79 Å². The molecule has 0 radical (unpaired) electrons. The smallest absolute Gasteiger partial charge is 0.271 e. The largest absolute Gasteiger partial charge is 0.384 e. The average molecular weight is 278 g/mol. The van der Waals surface area contributed by atoms with Gasteiger partial charge in [0, 0.05) is 6.04 Å². The zero-order valence-electron chi connectivity index (χ0n) is 10.5. The van der Waals surface area contributed by atoms with Gasteiger partial charge in [0.1, 0.15) is 11.5 Å². The summed E-state index contributed by atoms with van der Waals surface area (Å²) in [5.41, 5.74) is 5.86. The maximum atomic E-state index is 12.2. The molecule has 1 aromatic rings. The first-order chi connectivity index (χ1) is 9.15. The molecule has 3 fully saturated rings. The fraction of sp³-hybridized carbons (Fsp3) is 0.571. The molecule has 3 saturated carbocycles. The summed E-state index contributed by atoms with van der Waals surface area (Å²) in [7, 11) is 0. The highest BCUT2D eigenvalue weighted by atomic mass is 35.5. The number of nitrogen functional groups attached to an aromatic ring is 1. The van der Waals surface area contributed by atoms with E-state index in [4.69, 9.17) is 17.3 Å². The second-order valence-corrected chi connectivity index (χ2v) is 6.46. The van der Waals surface area contributed by atoms with Crippen molar-refractivity contribution in [2.24, 2.45) is 23.7 Å². The number of aromatic nitrogens is 1. The molecule has 4 nitrogen and oxygen atoms in total. The number of pyridine rings is 1. The predicted molar refractivity (Wildman–Crippen MR) is 72.7 cm³/mol. The van der Waals surface area contributed by atoms with E-state index < -0.39 is 0 Å². The molecular formula is C14H16ClN3O. The minimum Gasteiger partial charge on any atom is -0.384 e. The predicted octanol–water partition coefficient (Wildman–Crippen LogP) is 2.09. The van der Waals surface area contributed by atoms with Gasteiger partial charge in [-0.25, -0.2) is 4.98 Å². The summed E-state index contributed by atoms with van der Waals surface area (Å²) in [5.74, 6) is 3.24. The number of anilines is 1. The van der Waals surface area contributed by atoms with Crippen LogP contribution in [0.5, 0.6) is 0 Å². The standard InChI is InChI=1S/C14H16ClN3O/c15-8-3-4-9(16)17-12(8)14(19)18-13-10-6-1-2-7(5-6)11(10)13/h3-4,6-7,10-11,13H,1-2,5H2,(H2,16,17)(H,18,19). The van der Waals surface area contributed by atoms with Crippen molar-refractivity contribution in [1.82, 2.24) is 10.3 Å². The van der Waals surface area contributed by atoms with Crippen LogP contribution < -0.4 is 11.1 Å². The Morgan fingerprint density at radius 2 is 2.00 bits per heavy atom. The summed E-state index contributed by atoms with van der Waals surface area (Å²) in [4.78, 5) is 16.3. The van der Waals surface area contributed by atoms with Gasteiger partial charge in [-0.05, 0) is 55.1 Å². The Hall–Kier alpha value is -1.29. The minimum atomic E-state index is -0.184. The molecule has 1 amide bonds. The summed E-state index contributed by atoms with van der Waals surface area (Å²) in [6, 6.07) is 3.57. The van der Waals surface area contributed by atoms with E-state index in [1.54, 1.807) is 12.1 Å². The number of carbonyl (C=O) groups excluding carboxylic acids is 1. The summed E-state index contributed by atoms with van der Waals surface area (Å²) in [6.45, 7) is 0. The zero-order valence-corrected chi connectivity index (χ0v) is 11.2. The molecule has 4 unspecified atom stereocenters. The number of amides is 1. The van der Waals surface area contributed by atoms with Crippen molar-refractivity contribution in [2.75, 3.05) is 5.73 Å². The van der Waals surface area contributed by atoms with Crippen LogP contribution in [0, 0.1) is 23.7 Å². The van der Waals surface area contributed by atoms with Crippen LogP contribution in [-0.2, 0) is 0 Å². The Morgan fingerprint density at radius 3 is 2.68 bits per heavy atom. The van der Waals surface area contributed by atoms with Crippen molar-refractivity contribution >= 4 is 23.3 Å². The maximum absolute atomic E-state index is 12.2. The molecule has 0 spiro atoms. The summed E-state index contributed by atoms with van der Waals surface area (Å²) >= 11 is 6.01. The van der Waals surface area contributed by atoms with Gasteiger partial charge in [-0.2, -0.15) is 0 Å². The van der Waals surface area contributed by atoms with E-state index in [0.717, 1.165) is 11.8 Å². The number of carbonyl (C=O) groups is 1. The molecule has 1 heterocycles. The first-order valence-corrected chi connectivity index (χ1v) is 7.26. The molecule has 19 heavy (non-hydrogen) atoms. The van der Waals surface area contributed by atoms with Gasteiger partial charge in [-0.1, -0.05) is 11.6 Å². The highest BCUT2D eigenvalue weighted by molar-refractivity contribution is 6.33. The van der Waals surface area contributed by atoms with E-state index in [0.29, 0.717) is 28.7 Å². The van der Waals surface area contributed by atoms with Crippen LogP contribution >= 0.6 is 11.6 Å². The van der Waals surface area contributed by atoms with Crippen LogP contribution in [0.1, 0.15) is 29.8 Å². The van der Waals surface area contributed by atoms with Crippen molar-refractivity contribution in [3.05, 3.63) is 22.8 Å². The molecule has 4 rings (SSSR count). The third kappa shape index (κ3) is 1.66. The lowest BCUT2D eigenvalue weighted by Gasteiger charge is -2.11. The Bertz CT molecular complexity index is 546. The molecule has 100 valence electrons. The highest BCUT2D eigenvalue weighted by Gasteiger charge is 2.65. The van der Waals surface area contributed by atoms with Gasteiger partial charge in [-0.15, -0.1) is 0 Å². The highest BCUT2D eigenvalue weighted by Crippen LogP contribution is 2.65. The number of rotatable bonds is 2. The molecule has 3 aliphatic rings. The Kier molecular flexibility index (Phi) is 2.34. The van der Waals surface area contributed by atoms with Crippen molar-refractivity contribution in [1.29, 1.82) is 0 Å². The summed E-state index contributed by atoms with van der Waals surface area (Å²) < 4.78 is 0. The molecule has 1 aromatic heterocycles. The van der Waals surface area contributed by atoms with Gasteiger partial charge in [0.25, 0.3) is 5.91 Å². The first kappa shape index (κ1) is 11.5. The van der Waals surface area contributed by atoms with Crippen LogP contribution in [0.3, 0.4) is 0 Å². The van der Waals surface area contributed by atoms with Gasteiger partial charge >= 0.3 is 0 Å². The summed E-state index contributed by atoms with van der Waals surface area (Å²) in [5, 5.41) is 3.46. The quantitative estimate of drug-likeness (QED) is 0.870. The molecule has 5 heteroatoms. The van der Waals surface area contributed by atoms with E-state index in [-0.39, 0.29) is 11.6 Å². The van der Waals surface area contributed by atoms with E-state index in [1.165, 1.54) is 19.3 Å². The number of nitrogens with zero attached hydrogens (tertiary/aromatic N) is 1. The van der Waals surface area contributed by atoms with Crippen LogP contribution in [0.15, 0.2) is 12.1 Å². The molecule has 0 saturated heterocycles. The van der Waals surface area contributed by atoms with Crippen LogP contribution in [0.4, 0.5) is 5.82 Å². The summed E-state index contributed by atoms with van der Waals surface area (Å²) in [6.07, 6.45) is 4.06. The fourth-order valence-corrected chi connectivity index (χ4v) is 4.55. The van der Waals surface area contributed by atoms with Gasteiger partial charge in [0.2, 0.25) is 0 Å². The number of hydrogen-bond donors (Lipinski definition) is 2. The number of nitrogens with two attached hydrogens (primary N) is 1. The molecule has 3 N–H and O–H groups in total. The lowest BCUT2D eigenvalue weighted by atomic mass is 10.0. The number of nitrogens with one attached hydrogen (secondary N) is 1. The average Bonchev–Trinajstić information content (AvgIpc) is 2.80. The van der Waals surface area contributed by atoms with E-state index >= 15 is 0 Å². The van der Waals surface area contributed by atoms with Crippen molar-refractivity contribution in [3.63, 3.8) is 0 Å². The van der Waals surface area contributed by atoms with Crippen molar-refractivity contribution in [3.8, 4) is 0 Å². The molecule has 4 atom stereocenters. The fourth-order valence-electron chi connectivity index (χ4n) is 4.35. The SMILES string of the molecule is Nc1ccc(Cl)c(C(=O)NC2C3C4CCC(C4)C23)n1. The van der Waals surface area contributed by atoms with Crippen LogP contribution in [0.2, 0.25) is 5.02 Å². The topological polar surface area (TPSA) is 68.0 Å². The number of hydrogen-bond acceptors (Lipinski definition) is 3. The Labute approximate surface area is 116 Å². The monoisotopic (exact) mass is 277 g/mol. The third-order valence-electron chi connectivity index (χ3n) is 5.12. The lowest BCUT2D eigenvalue weighted by Crippen LogP contribution is -2.31. The second-order valence-electron chi connectivity index (χ2n) is 6.05. The van der Waals surface area contributed by atoms with Gasteiger partial charge < -0.3 is 11.1 Å². The van der Waals surface area contributed by atoms with E-state index in [2.05, 4.69) is 10.3 Å². The van der Waals surface area contributed by atoms with Gasteiger partial charge in [-0.3, -0.25) is 4.79 Å². The lowest BCUT2D eigenvalue weighted by molar-refractivity contribution is 0.0939. The first-order valence-electron chi connectivity index (χ1n) is 6.88. The van der Waals surface area contributed by atoms with Gasteiger partial charge in [0.15, 0.2) is 0 Å². The van der Waals surface area contributed by atoms with Crippen LogP contribution in [-0.4, -0.2) is 16.9 Å². The van der Waals surface area contributed by atoms with E-state index in [1.807, 2.05) is 0 Å². The molecular weight excluding hydrogens is 262 g/mol. The number of halogens is 1. The Morgan fingerprint density at radius 1 is 1.32 bits per heavy atom. The van der Waals surface area contributed by atoms with Crippen molar-refractivity contribution in [2.45, 2.75) is 25.3 Å². The van der Waals surface area contributed by atoms with E-state index in [9.17, 15) is 4.79 Å². The van der Waals surface area contributed by atoms with Crippen LogP contribution in [0.25, 0.3) is 0 Å². The molecule has 0 aromatic carbocycles. The minimum absolute atomic E-state index is 0.184. The third-order valence-corrected chi connectivity index (χ3v) is 5.42. The number of fused-ring (bicyclic) bond motifs is 5. The maximum Gasteiger partial charge on any atom is 0.271 e. The normalized spacial score (nSPS) is 38.1. The van der Waals surface area contributed by atoms with Gasteiger partial charge in [0.05, 0.1) is 5.02 Å².